The highest BCUT2D eigenvalue weighted by Gasteiger charge is 2.35. The van der Waals surface area contributed by atoms with E-state index in [0.29, 0.717) is 5.41 Å². The quantitative estimate of drug-likeness (QED) is 0.600. The first-order valence-corrected chi connectivity index (χ1v) is 5.07. The molecular formula is C10H18O2. The number of rotatable bonds is 0. The van der Waals surface area contributed by atoms with Gasteiger partial charge in [0.25, 0.3) is 0 Å². The lowest BCUT2D eigenvalue weighted by Gasteiger charge is -2.41. The van der Waals surface area contributed by atoms with Gasteiger partial charge in [-0.05, 0) is 43.9 Å². The van der Waals surface area contributed by atoms with Crippen LogP contribution < -0.4 is 0 Å². The summed E-state index contributed by atoms with van der Waals surface area (Å²) in [6, 6.07) is 0. The van der Waals surface area contributed by atoms with Crippen molar-refractivity contribution in [3.63, 3.8) is 0 Å². The maximum Gasteiger partial charge on any atom is 0.0540 e. The second-order valence-electron chi connectivity index (χ2n) is 4.34. The number of ether oxygens (including phenoxy) is 1. The molecule has 2 rings (SSSR count). The summed E-state index contributed by atoms with van der Waals surface area (Å²) in [7, 11) is 0. The summed E-state index contributed by atoms with van der Waals surface area (Å²) in [6.45, 7) is 1.88. The van der Waals surface area contributed by atoms with Crippen LogP contribution in [-0.2, 0) is 4.74 Å². The van der Waals surface area contributed by atoms with Gasteiger partial charge in [-0.15, -0.1) is 0 Å². The molecule has 2 aliphatic rings. The standard InChI is InChI=1S/C10H18O2/c11-9-1-3-10(4-2-9)5-7-12-8-6-10/h9,11H,1-8H2. The van der Waals surface area contributed by atoms with E-state index >= 15 is 0 Å². The molecule has 1 N–H and O–H groups in total. The molecular weight excluding hydrogens is 152 g/mol. The van der Waals surface area contributed by atoms with E-state index in [0.717, 1.165) is 26.1 Å². The van der Waals surface area contributed by atoms with Crippen LogP contribution in [0.3, 0.4) is 0 Å². The van der Waals surface area contributed by atoms with Gasteiger partial charge in [0.15, 0.2) is 0 Å². The molecule has 2 nitrogen and oxygen atoms in total. The van der Waals surface area contributed by atoms with Crippen molar-refractivity contribution >= 4 is 0 Å². The van der Waals surface area contributed by atoms with Gasteiger partial charge in [-0.25, -0.2) is 0 Å². The van der Waals surface area contributed by atoms with Crippen LogP contribution in [0.5, 0.6) is 0 Å². The minimum atomic E-state index is -0.0153. The molecule has 12 heavy (non-hydrogen) atoms. The summed E-state index contributed by atoms with van der Waals surface area (Å²) in [5.74, 6) is 0. The molecule has 0 bridgehead atoms. The second-order valence-corrected chi connectivity index (χ2v) is 4.34. The number of hydrogen-bond donors (Lipinski definition) is 1. The van der Waals surface area contributed by atoms with Crippen molar-refractivity contribution in [1.82, 2.24) is 0 Å². The van der Waals surface area contributed by atoms with Crippen molar-refractivity contribution < 1.29 is 9.84 Å². The Hall–Kier alpha value is -0.0800. The van der Waals surface area contributed by atoms with Crippen LogP contribution in [0.1, 0.15) is 38.5 Å². The summed E-state index contributed by atoms with van der Waals surface area (Å²) in [6.07, 6.45) is 6.90. The van der Waals surface area contributed by atoms with Crippen molar-refractivity contribution in [3.05, 3.63) is 0 Å². The lowest BCUT2D eigenvalue weighted by molar-refractivity contribution is -0.0280. The summed E-state index contributed by atoms with van der Waals surface area (Å²) >= 11 is 0. The molecule has 1 heterocycles. The Kier molecular flexibility index (Phi) is 2.37. The van der Waals surface area contributed by atoms with Crippen LogP contribution in [0.15, 0.2) is 0 Å². The van der Waals surface area contributed by atoms with Gasteiger partial charge in [0.2, 0.25) is 0 Å². The number of aliphatic hydroxyl groups is 1. The third-order valence-corrected chi connectivity index (χ3v) is 3.57. The zero-order valence-electron chi connectivity index (χ0n) is 7.59. The predicted octanol–water partition coefficient (Wildman–Crippen LogP) is 1.72. The van der Waals surface area contributed by atoms with Crippen LogP contribution in [0.2, 0.25) is 0 Å². The van der Waals surface area contributed by atoms with E-state index in [1.54, 1.807) is 0 Å². The summed E-state index contributed by atoms with van der Waals surface area (Å²) < 4.78 is 5.36. The van der Waals surface area contributed by atoms with Crippen molar-refractivity contribution in [3.8, 4) is 0 Å². The van der Waals surface area contributed by atoms with Crippen LogP contribution in [0, 0.1) is 5.41 Å². The van der Waals surface area contributed by atoms with Crippen molar-refractivity contribution in [1.29, 1.82) is 0 Å². The Morgan fingerprint density at radius 2 is 1.58 bits per heavy atom. The van der Waals surface area contributed by atoms with Crippen molar-refractivity contribution in [2.75, 3.05) is 13.2 Å². The molecule has 0 unspecified atom stereocenters. The van der Waals surface area contributed by atoms with E-state index in [1.165, 1.54) is 25.7 Å². The van der Waals surface area contributed by atoms with Gasteiger partial charge in [-0.2, -0.15) is 0 Å². The first-order chi connectivity index (χ1) is 5.81. The summed E-state index contributed by atoms with van der Waals surface area (Å²) in [4.78, 5) is 0. The highest BCUT2D eigenvalue weighted by Crippen LogP contribution is 2.43. The van der Waals surface area contributed by atoms with E-state index in [1.807, 2.05) is 0 Å². The smallest absolute Gasteiger partial charge is 0.0540 e. The average molecular weight is 170 g/mol. The maximum absolute atomic E-state index is 9.39. The fourth-order valence-electron chi connectivity index (χ4n) is 2.52. The first kappa shape index (κ1) is 8.52. The van der Waals surface area contributed by atoms with Crippen LogP contribution in [0.25, 0.3) is 0 Å². The van der Waals surface area contributed by atoms with Crippen LogP contribution in [0.4, 0.5) is 0 Å². The van der Waals surface area contributed by atoms with Gasteiger partial charge in [0.1, 0.15) is 0 Å². The van der Waals surface area contributed by atoms with Gasteiger partial charge < -0.3 is 9.84 Å². The first-order valence-electron chi connectivity index (χ1n) is 5.07. The molecule has 1 saturated carbocycles. The molecule has 1 aliphatic heterocycles. The summed E-state index contributed by atoms with van der Waals surface area (Å²) in [5.41, 5.74) is 0.553. The van der Waals surface area contributed by atoms with E-state index in [4.69, 9.17) is 4.74 Å². The minimum Gasteiger partial charge on any atom is -0.393 e. The lowest BCUT2D eigenvalue weighted by Crippen LogP contribution is -2.34. The number of hydrogen-bond acceptors (Lipinski definition) is 2. The van der Waals surface area contributed by atoms with Crippen molar-refractivity contribution in [2.24, 2.45) is 5.41 Å². The van der Waals surface area contributed by atoms with Gasteiger partial charge in [0.05, 0.1) is 6.10 Å². The monoisotopic (exact) mass is 170 g/mol. The zero-order valence-corrected chi connectivity index (χ0v) is 7.59. The second kappa shape index (κ2) is 3.35. The third-order valence-electron chi connectivity index (χ3n) is 3.57. The highest BCUT2D eigenvalue weighted by atomic mass is 16.5. The average Bonchev–Trinajstić information content (AvgIpc) is 2.13. The van der Waals surface area contributed by atoms with E-state index in [2.05, 4.69) is 0 Å². The molecule has 1 aliphatic carbocycles. The molecule has 0 aromatic rings. The topological polar surface area (TPSA) is 29.5 Å². The fourth-order valence-corrected chi connectivity index (χ4v) is 2.52. The molecule has 0 aromatic heterocycles. The van der Waals surface area contributed by atoms with E-state index in [9.17, 15) is 5.11 Å². The minimum absolute atomic E-state index is 0.0153. The molecule has 1 spiro atoms. The normalized spacial score (nSPS) is 30.8. The Morgan fingerprint density at radius 1 is 1.00 bits per heavy atom. The van der Waals surface area contributed by atoms with Gasteiger partial charge in [-0.3, -0.25) is 0 Å². The molecule has 0 atom stereocenters. The zero-order chi connectivity index (χ0) is 8.44. The molecule has 70 valence electrons. The van der Waals surface area contributed by atoms with Gasteiger partial charge >= 0.3 is 0 Å². The van der Waals surface area contributed by atoms with Gasteiger partial charge in [-0.1, -0.05) is 0 Å². The Bertz CT molecular complexity index is 140. The van der Waals surface area contributed by atoms with E-state index in [-0.39, 0.29) is 6.10 Å². The maximum atomic E-state index is 9.39. The highest BCUT2D eigenvalue weighted by molar-refractivity contribution is 4.87. The van der Waals surface area contributed by atoms with Crippen molar-refractivity contribution in [2.45, 2.75) is 44.6 Å². The molecule has 2 heteroatoms. The van der Waals surface area contributed by atoms with Crippen LogP contribution in [-0.4, -0.2) is 24.4 Å². The third kappa shape index (κ3) is 1.64. The molecule has 2 fully saturated rings. The predicted molar refractivity (Wildman–Crippen MR) is 47.0 cm³/mol. The lowest BCUT2D eigenvalue weighted by atomic mass is 9.68. The van der Waals surface area contributed by atoms with Crippen LogP contribution >= 0.6 is 0 Å². The molecule has 0 aromatic carbocycles. The SMILES string of the molecule is OC1CCC2(CCOCC2)CC1. The largest absolute Gasteiger partial charge is 0.393 e. The molecule has 0 radical (unpaired) electrons. The Balaban J connectivity index is 1.92. The Labute approximate surface area is 73.9 Å². The molecule has 1 saturated heterocycles. The van der Waals surface area contributed by atoms with E-state index < -0.39 is 0 Å². The van der Waals surface area contributed by atoms with Gasteiger partial charge in [0, 0.05) is 13.2 Å². The number of aliphatic hydroxyl groups excluding tert-OH is 1. The fraction of sp³-hybridized carbons (Fsp3) is 1.00. The molecule has 0 amide bonds. The summed E-state index contributed by atoms with van der Waals surface area (Å²) in [5, 5.41) is 9.39. The Morgan fingerprint density at radius 3 is 2.17 bits per heavy atom.